The number of pyridine rings is 1. The second-order valence-corrected chi connectivity index (χ2v) is 7.61. The van der Waals surface area contributed by atoms with E-state index < -0.39 is 0 Å². The molecule has 0 spiro atoms. The average molecular weight is 374 g/mol. The lowest BCUT2D eigenvalue weighted by Crippen LogP contribution is -2.27. The number of H-pyrrole nitrogens is 1. The molecule has 7 heteroatoms. The van der Waals surface area contributed by atoms with Crippen molar-refractivity contribution in [2.24, 2.45) is 7.05 Å². The second kappa shape index (κ2) is 6.15. The van der Waals surface area contributed by atoms with Crippen molar-refractivity contribution in [3.8, 4) is 0 Å². The highest BCUT2D eigenvalue weighted by atomic mass is 16.1. The van der Waals surface area contributed by atoms with Gasteiger partial charge in [-0.3, -0.25) is 9.48 Å². The van der Waals surface area contributed by atoms with E-state index in [1.807, 2.05) is 51.2 Å². The van der Waals surface area contributed by atoms with Gasteiger partial charge in [-0.1, -0.05) is 12.1 Å². The van der Waals surface area contributed by atoms with Crippen LogP contribution in [0.25, 0.3) is 22.1 Å². The van der Waals surface area contributed by atoms with E-state index in [0.717, 1.165) is 52.1 Å². The molecule has 142 valence electrons. The molecule has 1 aliphatic carbocycles. The van der Waals surface area contributed by atoms with E-state index in [9.17, 15) is 4.79 Å². The first-order chi connectivity index (χ1) is 13.5. The van der Waals surface area contributed by atoms with Gasteiger partial charge in [0, 0.05) is 18.7 Å². The first-order valence-corrected chi connectivity index (χ1v) is 9.61. The summed E-state index contributed by atoms with van der Waals surface area (Å²) in [7, 11) is 1.87. The lowest BCUT2D eigenvalue weighted by molar-refractivity contribution is 0.0940. The summed E-state index contributed by atoms with van der Waals surface area (Å²) in [5, 5.41) is 8.39. The Balaban J connectivity index is 1.51. The van der Waals surface area contributed by atoms with Crippen molar-refractivity contribution in [1.29, 1.82) is 0 Å². The number of nitrogens with one attached hydrogen (secondary N) is 2. The monoisotopic (exact) mass is 374 g/mol. The van der Waals surface area contributed by atoms with Gasteiger partial charge in [0.2, 0.25) is 0 Å². The summed E-state index contributed by atoms with van der Waals surface area (Å²) in [5.74, 6) is 1.07. The Hall–Kier alpha value is -3.22. The molecule has 1 unspecified atom stereocenters. The predicted molar refractivity (Wildman–Crippen MR) is 107 cm³/mol. The topological polar surface area (TPSA) is 88.5 Å². The number of imidazole rings is 1. The fraction of sp³-hybridized carbons (Fsp3) is 0.333. The zero-order chi connectivity index (χ0) is 19.4. The van der Waals surface area contributed by atoms with Crippen LogP contribution in [-0.2, 0) is 7.05 Å². The molecule has 1 aromatic carbocycles. The molecule has 28 heavy (non-hydrogen) atoms. The Morgan fingerprint density at radius 3 is 2.82 bits per heavy atom. The first-order valence-electron chi connectivity index (χ1n) is 9.61. The smallest absolute Gasteiger partial charge is 0.252 e. The molecule has 0 bridgehead atoms. The summed E-state index contributed by atoms with van der Waals surface area (Å²) >= 11 is 0. The Bertz CT molecular complexity index is 1180. The van der Waals surface area contributed by atoms with Gasteiger partial charge in [-0.15, -0.1) is 0 Å². The van der Waals surface area contributed by atoms with Crippen LogP contribution in [0.3, 0.4) is 0 Å². The van der Waals surface area contributed by atoms with E-state index in [-0.39, 0.29) is 11.9 Å². The molecule has 5 rings (SSSR count). The summed E-state index contributed by atoms with van der Waals surface area (Å²) in [4.78, 5) is 25.9. The summed E-state index contributed by atoms with van der Waals surface area (Å²) in [6.07, 6.45) is 2.26. The quantitative estimate of drug-likeness (QED) is 0.572. The van der Waals surface area contributed by atoms with Gasteiger partial charge in [0.1, 0.15) is 5.82 Å². The molecule has 1 atom stereocenters. The van der Waals surface area contributed by atoms with Gasteiger partial charge in [-0.2, -0.15) is 5.10 Å². The van der Waals surface area contributed by atoms with Crippen molar-refractivity contribution in [3.05, 3.63) is 53.1 Å². The predicted octanol–water partition coefficient (Wildman–Crippen LogP) is 3.52. The Kier molecular flexibility index (Phi) is 3.72. The lowest BCUT2D eigenvalue weighted by atomic mass is 10.1. The largest absolute Gasteiger partial charge is 0.342 e. The molecule has 7 nitrogen and oxygen atoms in total. The maximum Gasteiger partial charge on any atom is 0.252 e. The number of hydrogen-bond donors (Lipinski definition) is 2. The normalized spacial score (nSPS) is 15.2. The number of para-hydroxylation sites is 2. The van der Waals surface area contributed by atoms with Gasteiger partial charge in [0.25, 0.3) is 5.91 Å². The van der Waals surface area contributed by atoms with Crippen molar-refractivity contribution in [2.75, 3.05) is 0 Å². The molecule has 1 saturated carbocycles. The summed E-state index contributed by atoms with van der Waals surface area (Å²) < 4.78 is 1.76. The van der Waals surface area contributed by atoms with Crippen LogP contribution in [0.5, 0.6) is 0 Å². The first kappa shape index (κ1) is 16.9. The van der Waals surface area contributed by atoms with Crippen LogP contribution in [0.2, 0.25) is 0 Å². The second-order valence-electron chi connectivity index (χ2n) is 7.61. The number of aryl methyl sites for hydroxylation is 2. The number of hydrogen-bond acceptors (Lipinski definition) is 4. The van der Waals surface area contributed by atoms with E-state index in [0.29, 0.717) is 11.5 Å². The third-order valence-electron chi connectivity index (χ3n) is 5.39. The summed E-state index contributed by atoms with van der Waals surface area (Å²) in [6.45, 7) is 3.85. The Morgan fingerprint density at radius 1 is 1.29 bits per heavy atom. The fourth-order valence-electron chi connectivity index (χ4n) is 3.75. The van der Waals surface area contributed by atoms with Gasteiger partial charge in [0.15, 0.2) is 5.65 Å². The zero-order valence-electron chi connectivity index (χ0n) is 16.2. The summed E-state index contributed by atoms with van der Waals surface area (Å²) in [6, 6.07) is 9.55. The molecule has 3 aromatic heterocycles. The lowest BCUT2D eigenvalue weighted by Gasteiger charge is -2.13. The molecule has 0 radical (unpaired) electrons. The third-order valence-corrected chi connectivity index (χ3v) is 5.39. The van der Waals surface area contributed by atoms with E-state index in [1.54, 1.807) is 4.68 Å². The van der Waals surface area contributed by atoms with E-state index in [4.69, 9.17) is 4.98 Å². The molecule has 0 saturated heterocycles. The van der Waals surface area contributed by atoms with Gasteiger partial charge in [-0.05, 0) is 44.9 Å². The number of fused-ring (bicyclic) bond motifs is 2. The minimum Gasteiger partial charge on any atom is -0.342 e. The van der Waals surface area contributed by atoms with Crippen molar-refractivity contribution in [3.63, 3.8) is 0 Å². The number of carbonyl (C=O) groups excluding carboxylic acids is 1. The molecule has 1 aliphatic rings. The van der Waals surface area contributed by atoms with Crippen molar-refractivity contribution in [1.82, 2.24) is 30.0 Å². The maximum atomic E-state index is 13.2. The van der Waals surface area contributed by atoms with Crippen LogP contribution in [-0.4, -0.2) is 30.6 Å². The minimum atomic E-state index is -0.246. The van der Waals surface area contributed by atoms with Crippen LogP contribution in [0.1, 0.15) is 59.3 Å². The number of amides is 1. The van der Waals surface area contributed by atoms with Crippen LogP contribution >= 0.6 is 0 Å². The molecule has 1 fully saturated rings. The fourth-order valence-corrected chi connectivity index (χ4v) is 3.75. The minimum absolute atomic E-state index is 0.127. The SMILES string of the molecule is Cc1nn(C)c2nc(C3CC3)cc(C(=O)NC(C)c3nc4ccccc4[nH]3)c12. The summed E-state index contributed by atoms with van der Waals surface area (Å²) in [5.41, 5.74) is 5.06. The highest BCUT2D eigenvalue weighted by molar-refractivity contribution is 6.06. The highest BCUT2D eigenvalue weighted by Gasteiger charge is 2.29. The standard InChI is InChI=1S/C21H22N6O/c1-11-18-14(10-17(13-8-9-13)25-20(18)27(3)26-11)21(28)22-12(2)19-23-15-6-4-5-7-16(15)24-19/h4-7,10,12-13H,8-9H2,1-3H3,(H,22,28)(H,23,24). The van der Waals surface area contributed by atoms with E-state index in [2.05, 4.69) is 20.4 Å². The number of aromatic nitrogens is 5. The van der Waals surface area contributed by atoms with E-state index in [1.165, 1.54) is 0 Å². The number of rotatable bonds is 4. The van der Waals surface area contributed by atoms with Crippen LogP contribution in [0.15, 0.2) is 30.3 Å². The molecule has 1 amide bonds. The van der Waals surface area contributed by atoms with Crippen LogP contribution < -0.4 is 5.32 Å². The zero-order valence-corrected chi connectivity index (χ0v) is 16.2. The number of benzene rings is 1. The van der Waals surface area contributed by atoms with Crippen molar-refractivity contribution >= 4 is 28.0 Å². The molecule has 4 aromatic rings. The number of aromatic amines is 1. The third kappa shape index (κ3) is 2.74. The van der Waals surface area contributed by atoms with Crippen LogP contribution in [0, 0.1) is 6.92 Å². The Labute approximate surface area is 162 Å². The van der Waals surface area contributed by atoms with Gasteiger partial charge in [0.05, 0.1) is 33.7 Å². The molecule has 0 aliphatic heterocycles. The Morgan fingerprint density at radius 2 is 2.07 bits per heavy atom. The maximum absolute atomic E-state index is 13.2. The molecular formula is C21H22N6O. The van der Waals surface area contributed by atoms with E-state index >= 15 is 0 Å². The molecule has 2 N–H and O–H groups in total. The van der Waals surface area contributed by atoms with Crippen molar-refractivity contribution in [2.45, 2.75) is 38.6 Å². The highest BCUT2D eigenvalue weighted by Crippen LogP contribution is 2.40. The molecule has 3 heterocycles. The van der Waals surface area contributed by atoms with Crippen LogP contribution in [0.4, 0.5) is 0 Å². The molecular weight excluding hydrogens is 352 g/mol. The van der Waals surface area contributed by atoms with Gasteiger partial charge in [-0.25, -0.2) is 9.97 Å². The number of nitrogens with zero attached hydrogens (tertiary/aromatic N) is 4. The number of carbonyl (C=O) groups is 1. The van der Waals surface area contributed by atoms with Gasteiger partial charge >= 0.3 is 0 Å². The van der Waals surface area contributed by atoms with Crippen molar-refractivity contribution < 1.29 is 4.79 Å². The van der Waals surface area contributed by atoms with Gasteiger partial charge < -0.3 is 10.3 Å². The average Bonchev–Trinajstić information content (AvgIpc) is 3.37.